The van der Waals surface area contributed by atoms with E-state index in [2.05, 4.69) is 15.9 Å². The Morgan fingerprint density at radius 3 is 3.00 bits per heavy atom. The number of morpholine rings is 1. The molecule has 0 saturated carbocycles. The minimum absolute atomic E-state index is 0.0352. The Morgan fingerprint density at radius 2 is 2.35 bits per heavy atom. The maximum absolute atomic E-state index is 11.2. The summed E-state index contributed by atoms with van der Waals surface area (Å²) in [4.78, 5) is 13.0. The zero-order chi connectivity index (χ0) is 14.7. The van der Waals surface area contributed by atoms with Crippen molar-refractivity contribution in [1.29, 1.82) is 0 Å². The van der Waals surface area contributed by atoms with Crippen molar-refractivity contribution in [2.75, 3.05) is 26.9 Å². The number of ether oxygens (including phenoxy) is 2. The number of phenolic OH excluding ortho intramolecular Hbond substituents is 1. The van der Waals surface area contributed by atoms with E-state index in [1.165, 1.54) is 7.11 Å². The van der Waals surface area contributed by atoms with Gasteiger partial charge in [-0.3, -0.25) is 9.69 Å². The lowest BCUT2D eigenvalue weighted by atomic mass is 10.1. The number of halogens is 1. The van der Waals surface area contributed by atoms with E-state index >= 15 is 0 Å². The third-order valence-electron chi connectivity index (χ3n) is 3.22. The lowest BCUT2D eigenvalue weighted by Gasteiger charge is -2.32. The van der Waals surface area contributed by atoms with Gasteiger partial charge in [-0.15, -0.1) is 0 Å². The van der Waals surface area contributed by atoms with Crippen LogP contribution in [0.1, 0.15) is 5.56 Å². The molecule has 1 saturated heterocycles. The molecule has 20 heavy (non-hydrogen) atoms. The summed E-state index contributed by atoms with van der Waals surface area (Å²) in [7, 11) is 1.47. The van der Waals surface area contributed by atoms with E-state index in [0.29, 0.717) is 29.9 Å². The summed E-state index contributed by atoms with van der Waals surface area (Å²) in [6.07, 6.45) is 0. The summed E-state index contributed by atoms with van der Waals surface area (Å²) in [5, 5.41) is 19.0. The maximum atomic E-state index is 11.2. The zero-order valence-corrected chi connectivity index (χ0v) is 12.6. The predicted molar refractivity (Wildman–Crippen MR) is 75.0 cm³/mol. The first-order valence-corrected chi connectivity index (χ1v) is 6.92. The van der Waals surface area contributed by atoms with Crippen molar-refractivity contribution in [1.82, 2.24) is 4.90 Å². The molecule has 1 aliphatic heterocycles. The average molecular weight is 346 g/mol. The zero-order valence-electron chi connectivity index (χ0n) is 11.0. The number of hydrogen-bond acceptors (Lipinski definition) is 5. The molecule has 1 atom stereocenters. The van der Waals surface area contributed by atoms with Crippen LogP contribution in [0, 0.1) is 0 Å². The van der Waals surface area contributed by atoms with Gasteiger partial charge in [0.2, 0.25) is 0 Å². The van der Waals surface area contributed by atoms with E-state index in [0.717, 1.165) is 5.56 Å². The third kappa shape index (κ3) is 3.23. The lowest BCUT2D eigenvalue weighted by molar-refractivity contribution is -0.150. The number of phenols is 1. The van der Waals surface area contributed by atoms with Gasteiger partial charge in [0, 0.05) is 13.1 Å². The minimum Gasteiger partial charge on any atom is -0.503 e. The Bertz CT molecular complexity index is 508. The standard InChI is InChI=1S/C13H16BrNO5/c1-19-11-5-8(4-9(14)12(11)16)6-15-2-3-20-7-10(15)13(17)18/h4-5,10,16H,2-3,6-7H2,1H3,(H,17,18). The van der Waals surface area contributed by atoms with Crippen LogP contribution in [0.3, 0.4) is 0 Å². The Labute approximate surface area is 125 Å². The highest BCUT2D eigenvalue weighted by Gasteiger charge is 2.29. The fraction of sp³-hybridized carbons (Fsp3) is 0.462. The second-order valence-electron chi connectivity index (χ2n) is 4.53. The number of hydrogen-bond donors (Lipinski definition) is 2. The first-order valence-electron chi connectivity index (χ1n) is 6.13. The van der Waals surface area contributed by atoms with Crippen molar-refractivity contribution in [2.24, 2.45) is 0 Å². The Kier molecular flexibility index (Phi) is 4.85. The molecule has 1 fully saturated rings. The van der Waals surface area contributed by atoms with Gasteiger partial charge in [0.05, 0.1) is 24.8 Å². The van der Waals surface area contributed by atoms with Gasteiger partial charge in [0.15, 0.2) is 11.5 Å². The topological polar surface area (TPSA) is 79.2 Å². The number of methoxy groups -OCH3 is 1. The van der Waals surface area contributed by atoms with Gasteiger partial charge in [-0.1, -0.05) is 0 Å². The van der Waals surface area contributed by atoms with E-state index in [1.54, 1.807) is 12.1 Å². The van der Waals surface area contributed by atoms with Crippen molar-refractivity contribution in [3.05, 3.63) is 22.2 Å². The molecule has 2 N–H and O–H groups in total. The van der Waals surface area contributed by atoms with Crippen LogP contribution in [0.5, 0.6) is 11.5 Å². The molecule has 2 rings (SSSR count). The first kappa shape index (κ1) is 15.1. The molecular formula is C13H16BrNO5. The van der Waals surface area contributed by atoms with Gasteiger partial charge >= 0.3 is 5.97 Å². The number of nitrogens with zero attached hydrogens (tertiary/aromatic N) is 1. The number of rotatable bonds is 4. The molecule has 110 valence electrons. The summed E-state index contributed by atoms with van der Waals surface area (Å²) in [5.41, 5.74) is 0.861. The lowest BCUT2D eigenvalue weighted by Crippen LogP contribution is -2.49. The molecule has 6 nitrogen and oxygen atoms in total. The molecule has 0 bridgehead atoms. The number of carboxylic acid groups (broad SMARTS) is 1. The third-order valence-corrected chi connectivity index (χ3v) is 3.82. The summed E-state index contributed by atoms with van der Waals surface area (Å²) in [6.45, 7) is 1.71. The Morgan fingerprint density at radius 1 is 1.60 bits per heavy atom. The largest absolute Gasteiger partial charge is 0.503 e. The first-order chi connectivity index (χ1) is 9.52. The normalized spacial score (nSPS) is 19.8. The van der Waals surface area contributed by atoms with Crippen molar-refractivity contribution in [2.45, 2.75) is 12.6 Å². The maximum Gasteiger partial charge on any atom is 0.323 e. The Balaban J connectivity index is 2.20. The molecule has 0 amide bonds. The van der Waals surface area contributed by atoms with Crippen molar-refractivity contribution in [3.8, 4) is 11.5 Å². The molecule has 0 radical (unpaired) electrons. The molecule has 1 aromatic carbocycles. The van der Waals surface area contributed by atoms with Gasteiger partial charge in [0.1, 0.15) is 6.04 Å². The second-order valence-corrected chi connectivity index (χ2v) is 5.38. The van der Waals surface area contributed by atoms with Crippen LogP contribution >= 0.6 is 15.9 Å². The fourth-order valence-corrected chi connectivity index (χ4v) is 2.65. The van der Waals surface area contributed by atoms with Crippen LogP contribution in [0.2, 0.25) is 0 Å². The summed E-state index contributed by atoms with van der Waals surface area (Å²) in [6, 6.07) is 2.81. The SMILES string of the molecule is COc1cc(CN2CCOCC2C(=O)O)cc(Br)c1O. The molecule has 0 spiro atoms. The van der Waals surface area contributed by atoms with Gasteiger partial charge in [0.25, 0.3) is 0 Å². The summed E-state index contributed by atoms with van der Waals surface area (Å²) >= 11 is 3.26. The highest BCUT2D eigenvalue weighted by Crippen LogP contribution is 2.35. The molecule has 7 heteroatoms. The average Bonchev–Trinajstić information content (AvgIpc) is 2.43. The minimum atomic E-state index is -0.894. The summed E-state index contributed by atoms with van der Waals surface area (Å²) in [5.74, 6) is -0.503. The van der Waals surface area contributed by atoms with Crippen molar-refractivity contribution in [3.63, 3.8) is 0 Å². The number of aromatic hydroxyl groups is 1. The van der Waals surface area contributed by atoms with Gasteiger partial charge in [-0.2, -0.15) is 0 Å². The monoisotopic (exact) mass is 345 g/mol. The fourth-order valence-electron chi connectivity index (χ4n) is 2.16. The second kappa shape index (κ2) is 6.43. The smallest absolute Gasteiger partial charge is 0.323 e. The van der Waals surface area contributed by atoms with Gasteiger partial charge in [-0.25, -0.2) is 0 Å². The molecule has 1 aliphatic rings. The number of carboxylic acids is 1. The van der Waals surface area contributed by atoms with E-state index in [1.807, 2.05) is 4.90 Å². The number of aliphatic carboxylic acids is 1. The molecule has 1 heterocycles. The molecular weight excluding hydrogens is 330 g/mol. The van der Waals surface area contributed by atoms with E-state index < -0.39 is 12.0 Å². The highest BCUT2D eigenvalue weighted by atomic mass is 79.9. The van der Waals surface area contributed by atoms with Crippen LogP contribution in [-0.4, -0.2) is 54.0 Å². The van der Waals surface area contributed by atoms with E-state index in [9.17, 15) is 15.0 Å². The Hall–Kier alpha value is -1.31. The van der Waals surface area contributed by atoms with Gasteiger partial charge in [-0.05, 0) is 33.6 Å². The van der Waals surface area contributed by atoms with Crippen LogP contribution in [0.4, 0.5) is 0 Å². The van der Waals surface area contributed by atoms with E-state index in [-0.39, 0.29) is 12.4 Å². The van der Waals surface area contributed by atoms with Crippen LogP contribution < -0.4 is 4.74 Å². The van der Waals surface area contributed by atoms with Crippen LogP contribution in [0.25, 0.3) is 0 Å². The van der Waals surface area contributed by atoms with Gasteiger partial charge < -0.3 is 19.7 Å². The number of carbonyl (C=O) groups is 1. The van der Waals surface area contributed by atoms with E-state index in [4.69, 9.17) is 9.47 Å². The molecule has 1 aromatic rings. The quantitative estimate of drug-likeness (QED) is 0.859. The number of benzene rings is 1. The summed E-state index contributed by atoms with van der Waals surface area (Å²) < 4.78 is 10.8. The molecule has 1 unspecified atom stereocenters. The molecule has 0 aromatic heterocycles. The molecule has 0 aliphatic carbocycles. The van der Waals surface area contributed by atoms with Crippen molar-refractivity contribution < 1.29 is 24.5 Å². The van der Waals surface area contributed by atoms with Crippen molar-refractivity contribution >= 4 is 21.9 Å². The van der Waals surface area contributed by atoms with Crippen LogP contribution in [-0.2, 0) is 16.1 Å². The predicted octanol–water partition coefficient (Wildman–Crippen LogP) is 1.45. The van der Waals surface area contributed by atoms with Crippen LogP contribution in [0.15, 0.2) is 16.6 Å². The highest BCUT2D eigenvalue weighted by molar-refractivity contribution is 9.10.